The molecule has 21 heavy (non-hydrogen) atoms. The number of rotatable bonds is 8. The molecule has 1 aromatic carbocycles. The summed E-state index contributed by atoms with van der Waals surface area (Å²) in [6, 6.07) is 8.46. The van der Waals surface area contributed by atoms with Crippen LogP contribution < -0.4 is 0 Å². The predicted molar refractivity (Wildman–Crippen MR) is 92.2 cm³/mol. The predicted octanol–water partition coefficient (Wildman–Crippen LogP) is 5.92. The number of allylic oxidation sites excluding steroid dienone is 4. The van der Waals surface area contributed by atoms with Gasteiger partial charge in [0.15, 0.2) is 0 Å². The van der Waals surface area contributed by atoms with Crippen LogP contribution in [0.15, 0.2) is 73.1 Å². The molecule has 0 N–H and O–H groups in total. The van der Waals surface area contributed by atoms with Gasteiger partial charge in [0.1, 0.15) is 12.4 Å². The fourth-order valence-corrected chi connectivity index (χ4v) is 2.14. The van der Waals surface area contributed by atoms with Gasteiger partial charge in [-0.2, -0.15) is 0 Å². The monoisotopic (exact) mass is 282 g/mol. The third-order valence-electron chi connectivity index (χ3n) is 3.65. The first-order valence-electron chi connectivity index (χ1n) is 7.49. The van der Waals surface area contributed by atoms with Crippen LogP contribution in [0.4, 0.5) is 0 Å². The van der Waals surface area contributed by atoms with Crippen molar-refractivity contribution in [2.45, 2.75) is 39.7 Å². The highest BCUT2D eigenvalue weighted by molar-refractivity contribution is 5.36. The molecule has 1 rings (SSSR count). The Balaban J connectivity index is 2.77. The minimum Gasteiger partial charge on any atom is -0.489 e. The maximum atomic E-state index is 5.87. The highest BCUT2D eigenvalue weighted by Gasteiger charge is 2.09. The van der Waals surface area contributed by atoms with Crippen LogP contribution in [-0.4, -0.2) is 0 Å². The minimum atomic E-state index is 0.542. The molecule has 0 fully saturated rings. The van der Waals surface area contributed by atoms with E-state index in [-0.39, 0.29) is 0 Å². The summed E-state index contributed by atoms with van der Waals surface area (Å²) in [7, 11) is 0. The van der Waals surface area contributed by atoms with E-state index < -0.39 is 0 Å². The van der Waals surface area contributed by atoms with Crippen LogP contribution in [0.2, 0.25) is 0 Å². The Morgan fingerprint density at radius 3 is 2.67 bits per heavy atom. The molecule has 0 heterocycles. The van der Waals surface area contributed by atoms with Crippen LogP contribution in [0.5, 0.6) is 0 Å². The van der Waals surface area contributed by atoms with Crippen molar-refractivity contribution in [1.29, 1.82) is 0 Å². The summed E-state index contributed by atoms with van der Waals surface area (Å²) in [5, 5.41) is 0. The largest absolute Gasteiger partial charge is 0.489 e. The molecule has 0 amide bonds. The first-order chi connectivity index (χ1) is 10.1. The van der Waals surface area contributed by atoms with Gasteiger partial charge in [0.25, 0.3) is 0 Å². The highest BCUT2D eigenvalue weighted by atomic mass is 16.5. The van der Waals surface area contributed by atoms with Gasteiger partial charge >= 0.3 is 0 Å². The molecular weight excluding hydrogens is 256 g/mol. The maximum Gasteiger partial charge on any atom is 0.119 e. The van der Waals surface area contributed by atoms with E-state index in [1.807, 2.05) is 25.2 Å². The quantitative estimate of drug-likeness (QED) is 0.425. The van der Waals surface area contributed by atoms with Crippen molar-refractivity contribution in [3.8, 4) is 0 Å². The lowest BCUT2D eigenvalue weighted by Crippen LogP contribution is -2.01. The number of benzene rings is 1. The number of ether oxygens (including phenoxy) is 1. The van der Waals surface area contributed by atoms with Gasteiger partial charge in [0.05, 0.1) is 0 Å². The van der Waals surface area contributed by atoms with E-state index in [1.54, 1.807) is 6.08 Å². The molecule has 0 radical (unpaired) electrons. The van der Waals surface area contributed by atoms with Gasteiger partial charge in [-0.25, -0.2) is 0 Å². The molecule has 0 aromatic heterocycles. The first-order valence-corrected chi connectivity index (χ1v) is 7.49. The Bertz CT molecular complexity index is 535. The van der Waals surface area contributed by atoms with Gasteiger partial charge in [-0.15, -0.1) is 0 Å². The standard InChI is InChI=1S/C20H26O/c1-6-9-12-18(8-3)17(5)21-15-19-13-10-11-14-20(19)16(4)7-2/h6,8-14,16H,1,5,7,15H2,2-4H3/b12-9-,18-8+. The van der Waals surface area contributed by atoms with E-state index in [9.17, 15) is 0 Å². The van der Waals surface area contributed by atoms with Crippen LogP contribution >= 0.6 is 0 Å². The van der Waals surface area contributed by atoms with Crippen molar-refractivity contribution in [3.63, 3.8) is 0 Å². The molecule has 1 nitrogen and oxygen atoms in total. The molecule has 0 aliphatic heterocycles. The normalized spacial score (nSPS) is 13.2. The first kappa shape index (κ1) is 17.0. The van der Waals surface area contributed by atoms with Crippen molar-refractivity contribution in [2.75, 3.05) is 0 Å². The summed E-state index contributed by atoms with van der Waals surface area (Å²) in [5.41, 5.74) is 3.57. The van der Waals surface area contributed by atoms with Crippen molar-refractivity contribution in [1.82, 2.24) is 0 Å². The van der Waals surface area contributed by atoms with Crippen LogP contribution in [0.25, 0.3) is 0 Å². The molecular formula is C20H26O. The van der Waals surface area contributed by atoms with Gasteiger partial charge in [-0.05, 0) is 30.4 Å². The molecule has 112 valence electrons. The SMILES string of the molecule is C=C/C=C\C(=C/C)C(=C)OCc1ccccc1C(C)CC. The van der Waals surface area contributed by atoms with Gasteiger partial charge in [0.2, 0.25) is 0 Å². The molecule has 1 heteroatoms. The average molecular weight is 282 g/mol. The third kappa shape index (κ3) is 5.11. The fourth-order valence-electron chi connectivity index (χ4n) is 2.14. The topological polar surface area (TPSA) is 9.23 Å². The molecule has 1 aromatic rings. The van der Waals surface area contributed by atoms with Crippen LogP contribution in [-0.2, 0) is 11.3 Å². The van der Waals surface area contributed by atoms with Crippen LogP contribution in [0.3, 0.4) is 0 Å². The van der Waals surface area contributed by atoms with E-state index in [2.05, 4.69) is 51.3 Å². The van der Waals surface area contributed by atoms with Crippen LogP contribution in [0, 0.1) is 0 Å². The van der Waals surface area contributed by atoms with E-state index >= 15 is 0 Å². The molecule has 1 unspecified atom stereocenters. The second kappa shape index (κ2) is 9.02. The summed E-state index contributed by atoms with van der Waals surface area (Å²) >= 11 is 0. The smallest absolute Gasteiger partial charge is 0.119 e. The Labute approximate surface area is 129 Å². The summed E-state index contributed by atoms with van der Waals surface area (Å²) in [6.45, 7) is 14.7. The molecule has 1 atom stereocenters. The molecule has 0 bridgehead atoms. The van der Waals surface area contributed by atoms with Crippen LogP contribution in [0.1, 0.15) is 44.2 Å². The average Bonchev–Trinajstić information content (AvgIpc) is 2.53. The third-order valence-corrected chi connectivity index (χ3v) is 3.65. The minimum absolute atomic E-state index is 0.542. The molecule has 0 aliphatic carbocycles. The van der Waals surface area contributed by atoms with Crippen molar-refractivity contribution in [2.24, 2.45) is 0 Å². The fraction of sp³-hybridized carbons (Fsp3) is 0.300. The van der Waals surface area contributed by atoms with E-state index in [0.29, 0.717) is 18.3 Å². The highest BCUT2D eigenvalue weighted by Crippen LogP contribution is 2.24. The van der Waals surface area contributed by atoms with Gasteiger partial charge in [0, 0.05) is 5.57 Å². The Morgan fingerprint density at radius 2 is 2.05 bits per heavy atom. The van der Waals surface area contributed by atoms with Crippen molar-refractivity contribution in [3.05, 3.63) is 84.2 Å². The summed E-state index contributed by atoms with van der Waals surface area (Å²) < 4.78 is 5.87. The number of hydrogen-bond acceptors (Lipinski definition) is 1. The zero-order valence-corrected chi connectivity index (χ0v) is 13.4. The second-order valence-corrected chi connectivity index (χ2v) is 5.06. The second-order valence-electron chi connectivity index (χ2n) is 5.06. The zero-order chi connectivity index (χ0) is 15.7. The molecule has 0 saturated heterocycles. The summed E-state index contributed by atoms with van der Waals surface area (Å²) in [5.74, 6) is 1.23. The van der Waals surface area contributed by atoms with Gasteiger partial charge in [-0.1, -0.05) is 75.6 Å². The lowest BCUT2D eigenvalue weighted by Gasteiger charge is -2.16. The Morgan fingerprint density at radius 1 is 1.33 bits per heavy atom. The summed E-state index contributed by atoms with van der Waals surface area (Å²) in [6.07, 6.45) is 8.70. The summed E-state index contributed by atoms with van der Waals surface area (Å²) in [4.78, 5) is 0. The van der Waals surface area contributed by atoms with Gasteiger partial charge in [-0.3, -0.25) is 0 Å². The Hall–Kier alpha value is -2.02. The van der Waals surface area contributed by atoms with E-state index in [1.165, 1.54) is 11.1 Å². The lowest BCUT2D eigenvalue weighted by molar-refractivity contribution is 0.208. The van der Waals surface area contributed by atoms with Gasteiger partial charge < -0.3 is 4.74 Å². The molecule has 0 saturated carbocycles. The Kier molecular flexibility index (Phi) is 7.31. The number of hydrogen-bond donors (Lipinski definition) is 0. The zero-order valence-electron chi connectivity index (χ0n) is 13.4. The molecule has 0 aliphatic rings. The van der Waals surface area contributed by atoms with Crippen molar-refractivity contribution < 1.29 is 4.74 Å². The lowest BCUT2D eigenvalue weighted by atomic mass is 9.94. The van der Waals surface area contributed by atoms with E-state index in [4.69, 9.17) is 4.74 Å². The van der Waals surface area contributed by atoms with E-state index in [0.717, 1.165) is 12.0 Å². The maximum absolute atomic E-state index is 5.87. The molecule has 0 spiro atoms. The van der Waals surface area contributed by atoms with Crippen molar-refractivity contribution >= 4 is 0 Å².